The van der Waals surface area contributed by atoms with Gasteiger partial charge in [-0.15, -0.1) is 12.4 Å². The summed E-state index contributed by atoms with van der Waals surface area (Å²) in [4.78, 5) is 10.0. The van der Waals surface area contributed by atoms with Gasteiger partial charge in [0.2, 0.25) is 10.0 Å². The molecule has 2 aromatic carbocycles. The number of nitro groups is 1. The standard InChI is InChI=1S/C15H17N3O4S.ClH/c16-13(9-11-5-2-1-3-6-11)10-12-7-4-8-14(23(17,21)22)15(12)18(19)20;/h1-8,13H,9-10,16H2,(H2,17,21,22);1H/t13-;/m1./s1. The van der Waals surface area contributed by atoms with Gasteiger partial charge in [0.15, 0.2) is 4.90 Å². The van der Waals surface area contributed by atoms with Crippen molar-refractivity contribution in [2.75, 3.05) is 0 Å². The molecule has 24 heavy (non-hydrogen) atoms. The first-order valence-electron chi connectivity index (χ1n) is 6.87. The number of para-hydroxylation sites is 1. The van der Waals surface area contributed by atoms with Crippen molar-refractivity contribution in [3.8, 4) is 0 Å². The molecular formula is C15H18ClN3O4S. The van der Waals surface area contributed by atoms with E-state index < -0.39 is 25.5 Å². The molecule has 4 N–H and O–H groups in total. The van der Waals surface area contributed by atoms with E-state index in [0.717, 1.165) is 11.6 Å². The average Bonchev–Trinajstić information content (AvgIpc) is 2.46. The molecular weight excluding hydrogens is 354 g/mol. The van der Waals surface area contributed by atoms with Gasteiger partial charge in [0.05, 0.1) is 4.92 Å². The summed E-state index contributed by atoms with van der Waals surface area (Å²) < 4.78 is 23.1. The number of nitrogens with two attached hydrogens (primary N) is 2. The summed E-state index contributed by atoms with van der Waals surface area (Å²) in [5.41, 5.74) is 6.82. The van der Waals surface area contributed by atoms with Crippen LogP contribution in [0, 0.1) is 10.1 Å². The fourth-order valence-corrected chi connectivity index (χ4v) is 3.18. The number of hydrogen-bond acceptors (Lipinski definition) is 5. The smallest absolute Gasteiger partial charge is 0.292 e. The Morgan fingerprint density at radius 3 is 2.21 bits per heavy atom. The minimum Gasteiger partial charge on any atom is -0.327 e. The van der Waals surface area contributed by atoms with E-state index in [2.05, 4.69) is 0 Å². The van der Waals surface area contributed by atoms with Crippen molar-refractivity contribution < 1.29 is 13.3 Å². The number of primary sulfonamides is 1. The van der Waals surface area contributed by atoms with Gasteiger partial charge in [-0.25, -0.2) is 13.6 Å². The zero-order chi connectivity index (χ0) is 17.0. The highest BCUT2D eigenvalue weighted by Gasteiger charge is 2.27. The molecule has 0 radical (unpaired) electrons. The lowest BCUT2D eigenvalue weighted by Crippen LogP contribution is -2.26. The molecule has 0 aliphatic heterocycles. The third-order valence-electron chi connectivity index (χ3n) is 3.39. The fourth-order valence-electron chi connectivity index (χ4n) is 2.44. The molecule has 9 heteroatoms. The second-order valence-electron chi connectivity index (χ2n) is 5.22. The van der Waals surface area contributed by atoms with Gasteiger partial charge in [0, 0.05) is 11.6 Å². The van der Waals surface area contributed by atoms with Crippen LogP contribution in [0.1, 0.15) is 11.1 Å². The molecule has 0 aromatic heterocycles. The lowest BCUT2D eigenvalue weighted by atomic mass is 9.99. The number of sulfonamides is 1. The van der Waals surface area contributed by atoms with E-state index in [4.69, 9.17) is 10.9 Å². The van der Waals surface area contributed by atoms with Gasteiger partial charge in [-0.05, 0) is 24.5 Å². The molecule has 1 atom stereocenters. The van der Waals surface area contributed by atoms with E-state index in [1.54, 1.807) is 0 Å². The normalized spacial score (nSPS) is 12.2. The predicted molar refractivity (Wildman–Crippen MR) is 93.5 cm³/mol. The van der Waals surface area contributed by atoms with Crippen LogP contribution in [-0.2, 0) is 22.9 Å². The molecule has 7 nitrogen and oxygen atoms in total. The summed E-state index contributed by atoms with van der Waals surface area (Å²) in [6.07, 6.45) is 0.701. The van der Waals surface area contributed by atoms with Crippen molar-refractivity contribution in [3.63, 3.8) is 0 Å². The molecule has 0 aliphatic carbocycles. The maximum atomic E-state index is 11.5. The maximum absolute atomic E-state index is 11.5. The molecule has 0 fully saturated rings. The second kappa shape index (κ2) is 8.20. The van der Waals surface area contributed by atoms with Crippen LogP contribution in [0.25, 0.3) is 0 Å². The Bertz CT molecular complexity index is 813. The van der Waals surface area contributed by atoms with Crippen molar-refractivity contribution >= 4 is 28.1 Å². The van der Waals surface area contributed by atoms with Crippen LogP contribution in [-0.4, -0.2) is 19.4 Å². The molecule has 0 saturated carbocycles. The molecule has 2 aromatic rings. The number of rotatable bonds is 6. The van der Waals surface area contributed by atoms with E-state index in [0.29, 0.717) is 6.42 Å². The number of nitrogens with zero attached hydrogens (tertiary/aromatic N) is 1. The van der Waals surface area contributed by atoms with Crippen LogP contribution in [0.15, 0.2) is 53.4 Å². The van der Waals surface area contributed by atoms with Crippen molar-refractivity contribution in [3.05, 3.63) is 69.8 Å². The number of benzene rings is 2. The Balaban J connectivity index is 0.00000288. The van der Waals surface area contributed by atoms with Crippen molar-refractivity contribution in [1.82, 2.24) is 0 Å². The van der Waals surface area contributed by atoms with E-state index >= 15 is 0 Å². The lowest BCUT2D eigenvalue weighted by molar-refractivity contribution is -0.388. The SMILES string of the molecule is Cl.N[C@H](Cc1ccccc1)Cc1cccc(S(N)(=O)=O)c1[N+](=O)[O-]. The van der Waals surface area contributed by atoms with Gasteiger partial charge in [0.25, 0.3) is 5.69 Å². The zero-order valence-corrected chi connectivity index (χ0v) is 14.3. The Kier molecular flexibility index (Phi) is 6.85. The van der Waals surface area contributed by atoms with Crippen molar-refractivity contribution in [2.45, 2.75) is 23.8 Å². The Labute approximate surface area is 146 Å². The minimum atomic E-state index is -4.18. The van der Waals surface area contributed by atoms with Gasteiger partial charge in [-0.1, -0.05) is 42.5 Å². The molecule has 0 heterocycles. The Hall–Kier alpha value is -2.00. The van der Waals surface area contributed by atoms with Gasteiger partial charge in [-0.3, -0.25) is 10.1 Å². The quantitative estimate of drug-likeness (QED) is 0.590. The van der Waals surface area contributed by atoms with Crippen LogP contribution in [0.2, 0.25) is 0 Å². The molecule has 0 saturated heterocycles. The highest BCUT2D eigenvalue weighted by Crippen LogP contribution is 2.28. The average molecular weight is 372 g/mol. The predicted octanol–water partition coefficient (Wildman–Crippen LogP) is 1.78. The van der Waals surface area contributed by atoms with Gasteiger partial charge >= 0.3 is 0 Å². The van der Waals surface area contributed by atoms with Gasteiger partial charge in [-0.2, -0.15) is 0 Å². The third-order valence-corrected chi connectivity index (χ3v) is 4.34. The molecule has 0 bridgehead atoms. The number of halogens is 1. The van der Waals surface area contributed by atoms with Crippen LogP contribution in [0.4, 0.5) is 5.69 Å². The molecule has 0 unspecified atom stereocenters. The summed E-state index contributed by atoms with van der Waals surface area (Å²) >= 11 is 0. The third kappa shape index (κ3) is 5.00. The fraction of sp³-hybridized carbons (Fsp3) is 0.200. The van der Waals surface area contributed by atoms with Gasteiger partial charge in [0.1, 0.15) is 0 Å². The van der Waals surface area contributed by atoms with Crippen molar-refractivity contribution in [2.24, 2.45) is 10.9 Å². The van der Waals surface area contributed by atoms with Crippen LogP contribution >= 0.6 is 12.4 Å². The van der Waals surface area contributed by atoms with E-state index in [1.165, 1.54) is 12.1 Å². The summed E-state index contributed by atoms with van der Waals surface area (Å²) in [7, 11) is -4.18. The van der Waals surface area contributed by atoms with Crippen molar-refractivity contribution in [1.29, 1.82) is 0 Å². The van der Waals surface area contributed by atoms with E-state index in [1.807, 2.05) is 30.3 Å². The topological polar surface area (TPSA) is 129 Å². The summed E-state index contributed by atoms with van der Waals surface area (Å²) in [5, 5.41) is 16.3. The first-order chi connectivity index (χ1) is 10.8. The van der Waals surface area contributed by atoms with Crippen LogP contribution in [0.3, 0.4) is 0 Å². The lowest BCUT2D eigenvalue weighted by Gasteiger charge is -2.13. The highest BCUT2D eigenvalue weighted by atomic mass is 35.5. The molecule has 130 valence electrons. The zero-order valence-electron chi connectivity index (χ0n) is 12.7. The second-order valence-corrected chi connectivity index (χ2v) is 6.75. The van der Waals surface area contributed by atoms with Gasteiger partial charge < -0.3 is 5.73 Å². The van der Waals surface area contributed by atoms with Crippen LogP contribution in [0.5, 0.6) is 0 Å². The maximum Gasteiger partial charge on any atom is 0.292 e. The molecule has 0 amide bonds. The van der Waals surface area contributed by atoms with E-state index in [9.17, 15) is 18.5 Å². The van der Waals surface area contributed by atoms with E-state index in [-0.39, 0.29) is 30.4 Å². The first kappa shape index (κ1) is 20.0. The monoisotopic (exact) mass is 371 g/mol. The first-order valence-corrected chi connectivity index (χ1v) is 8.42. The van der Waals surface area contributed by atoms with Crippen LogP contribution < -0.4 is 10.9 Å². The Morgan fingerprint density at radius 2 is 1.67 bits per heavy atom. The Morgan fingerprint density at radius 1 is 1.04 bits per heavy atom. The minimum absolute atomic E-state index is 0. The highest BCUT2D eigenvalue weighted by molar-refractivity contribution is 7.89. The summed E-state index contributed by atoms with van der Waals surface area (Å²) in [6.45, 7) is 0. The molecule has 0 spiro atoms. The summed E-state index contributed by atoms with van der Waals surface area (Å²) in [6, 6.07) is 13.1. The molecule has 2 rings (SSSR count). The number of hydrogen-bond donors (Lipinski definition) is 2. The largest absolute Gasteiger partial charge is 0.327 e. The number of nitro benzene ring substituents is 1. The molecule has 0 aliphatic rings. The summed E-state index contributed by atoms with van der Waals surface area (Å²) in [5.74, 6) is 0.